The first kappa shape index (κ1) is 21.7. The maximum absolute atomic E-state index is 13.5. The summed E-state index contributed by atoms with van der Waals surface area (Å²) in [5.41, 5.74) is -0.905. The van der Waals surface area contributed by atoms with Gasteiger partial charge in [0.2, 0.25) is 0 Å². The molecule has 0 saturated carbocycles. The van der Waals surface area contributed by atoms with E-state index >= 15 is 0 Å². The highest BCUT2D eigenvalue weighted by atomic mass is 32.2. The molecule has 32 heavy (non-hydrogen) atoms. The molecule has 2 N–H and O–H groups in total. The van der Waals surface area contributed by atoms with Crippen molar-refractivity contribution in [2.75, 3.05) is 0 Å². The van der Waals surface area contributed by atoms with Gasteiger partial charge in [0.25, 0.3) is 5.56 Å². The quantitative estimate of drug-likeness (QED) is 0.461. The van der Waals surface area contributed by atoms with Gasteiger partial charge in [-0.05, 0) is 37.6 Å². The molecular weight excluding hydrogens is 452 g/mol. The number of hydrogen-bond donors (Lipinski definition) is 2. The summed E-state index contributed by atoms with van der Waals surface area (Å²) in [6.07, 6.45) is 0. The van der Waals surface area contributed by atoms with Crippen LogP contribution >= 0.6 is 11.3 Å². The molecule has 10 heteroatoms. The van der Waals surface area contributed by atoms with E-state index in [4.69, 9.17) is 0 Å². The summed E-state index contributed by atoms with van der Waals surface area (Å²) in [6.45, 7) is 3.17. The van der Waals surface area contributed by atoms with E-state index in [0.717, 1.165) is 15.9 Å². The molecule has 8 nitrogen and oxygen atoms in total. The highest BCUT2D eigenvalue weighted by molar-refractivity contribution is 7.92. The summed E-state index contributed by atoms with van der Waals surface area (Å²) in [7, 11) is -3.92. The van der Waals surface area contributed by atoms with E-state index in [0.29, 0.717) is 5.56 Å². The minimum absolute atomic E-state index is 0.0191. The second-order valence-electron chi connectivity index (χ2n) is 7.61. The van der Waals surface area contributed by atoms with Crippen LogP contribution < -0.4 is 11.2 Å². The second kappa shape index (κ2) is 7.57. The zero-order valence-corrected chi connectivity index (χ0v) is 18.7. The van der Waals surface area contributed by atoms with Crippen LogP contribution in [0, 0.1) is 0 Å². The monoisotopic (exact) mass is 470 g/mol. The van der Waals surface area contributed by atoms with Gasteiger partial charge in [-0.25, -0.2) is 22.6 Å². The van der Waals surface area contributed by atoms with Crippen molar-refractivity contribution in [3.8, 4) is 5.69 Å². The molecule has 4 aromatic rings. The third-order valence-electron chi connectivity index (χ3n) is 5.37. The molecule has 0 atom stereocenters. The van der Waals surface area contributed by atoms with E-state index in [2.05, 4.69) is 4.98 Å². The molecule has 0 spiro atoms. The van der Waals surface area contributed by atoms with Crippen LogP contribution in [0.3, 0.4) is 0 Å². The lowest BCUT2D eigenvalue weighted by molar-refractivity contribution is 0.0704. The summed E-state index contributed by atoms with van der Waals surface area (Å²) >= 11 is 0.827. The molecule has 0 radical (unpaired) electrons. The number of aromatic amines is 1. The van der Waals surface area contributed by atoms with Crippen molar-refractivity contribution in [2.24, 2.45) is 0 Å². The molecule has 0 fully saturated rings. The van der Waals surface area contributed by atoms with E-state index in [9.17, 15) is 27.9 Å². The number of sulfone groups is 1. The molecule has 4 rings (SSSR count). The average molecular weight is 471 g/mol. The average Bonchev–Trinajstić information content (AvgIpc) is 3.19. The number of carboxylic acids is 1. The van der Waals surface area contributed by atoms with Crippen molar-refractivity contribution in [3.05, 3.63) is 91.3 Å². The summed E-state index contributed by atoms with van der Waals surface area (Å²) in [4.78, 5) is 39.4. The lowest BCUT2D eigenvalue weighted by atomic mass is 10.0. The molecule has 0 unspecified atom stereocenters. The Morgan fingerprint density at radius 2 is 1.75 bits per heavy atom. The van der Waals surface area contributed by atoms with Crippen molar-refractivity contribution >= 4 is 38.0 Å². The first-order valence-electron chi connectivity index (χ1n) is 9.46. The van der Waals surface area contributed by atoms with Gasteiger partial charge in [0.05, 0.1) is 26.2 Å². The van der Waals surface area contributed by atoms with Gasteiger partial charge in [-0.2, -0.15) is 0 Å². The second-order valence-corrected chi connectivity index (χ2v) is 11.0. The number of hydrogen-bond acceptors (Lipinski definition) is 6. The lowest BCUT2D eigenvalue weighted by Crippen LogP contribution is -2.34. The molecule has 2 aromatic heterocycles. The minimum atomic E-state index is -3.92. The summed E-state index contributed by atoms with van der Waals surface area (Å²) in [5, 5.41) is 10.6. The molecule has 2 heterocycles. The van der Waals surface area contributed by atoms with E-state index in [1.807, 2.05) is 0 Å². The molecule has 0 bridgehead atoms. The van der Waals surface area contributed by atoms with E-state index in [1.54, 1.807) is 44.2 Å². The molecule has 0 aliphatic rings. The van der Waals surface area contributed by atoms with Crippen molar-refractivity contribution in [3.63, 3.8) is 0 Å². The molecule has 0 aliphatic carbocycles. The Morgan fingerprint density at radius 1 is 1.06 bits per heavy atom. The third-order valence-corrected chi connectivity index (χ3v) is 8.80. The van der Waals surface area contributed by atoms with Gasteiger partial charge in [-0.1, -0.05) is 36.4 Å². The van der Waals surface area contributed by atoms with Crippen LogP contribution in [0.2, 0.25) is 0 Å². The van der Waals surface area contributed by atoms with E-state index in [1.165, 1.54) is 29.6 Å². The number of thiophene rings is 1. The first-order chi connectivity index (χ1) is 15.1. The Labute approximate surface area is 186 Å². The number of aromatic nitrogens is 2. The van der Waals surface area contributed by atoms with Gasteiger partial charge < -0.3 is 10.1 Å². The predicted molar refractivity (Wildman–Crippen MR) is 122 cm³/mol. The summed E-state index contributed by atoms with van der Waals surface area (Å²) in [5.74, 6) is -1.29. The highest BCUT2D eigenvalue weighted by Gasteiger charge is 2.37. The molecule has 0 aliphatic heterocycles. The van der Waals surface area contributed by atoms with Gasteiger partial charge in [0, 0.05) is 5.38 Å². The van der Waals surface area contributed by atoms with E-state index < -0.39 is 31.8 Å². The molecule has 0 amide bonds. The SMILES string of the molecule is CC(C)(c1ccccc1)S(=O)(=O)c1cccc(-n2c(=O)[nH]c3csc(C(=O)O)c3c2=O)c1. The minimum Gasteiger partial charge on any atom is -0.477 e. The standard InChI is InChI=1S/C22H18N2O6S2/c1-22(2,13-7-4-3-5-8-13)32(29,30)15-10-6-9-14(11-15)24-19(25)17-16(23-21(24)28)12-31-18(17)20(26)27/h3-12H,1-2H3,(H,23,28)(H,26,27). The number of carboxylic acid groups (broad SMARTS) is 1. The van der Waals surface area contributed by atoms with Crippen molar-refractivity contribution in [1.82, 2.24) is 9.55 Å². The van der Waals surface area contributed by atoms with Gasteiger partial charge in [0.1, 0.15) is 4.88 Å². The number of nitrogens with one attached hydrogen (secondary N) is 1. The van der Waals surface area contributed by atoms with Crippen LogP contribution in [0.4, 0.5) is 0 Å². The number of benzene rings is 2. The first-order valence-corrected chi connectivity index (χ1v) is 11.8. The van der Waals surface area contributed by atoms with Crippen LogP contribution in [0.1, 0.15) is 29.1 Å². The number of nitrogens with zero attached hydrogens (tertiary/aromatic N) is 1. The topological polar surface area (TPSA) is 126 Å². The Morgan fingerprint density at radius 3 is 2.41 bits per heavy atom. The Hall–Kier alpha value is -3.50. The molecule has 164 valence electrons. The largest absolute Gasteiger partial charge is 0.477 e. The molecule has 0 saturated heterocycles. The van der Waals surface area contributed by atoms with Crippen LogP contribution in [0.5, 0.6) is 0 Å². The number of aromatic carboxylic acids is 1. The normalized spacial score (nSPS) is 12.2. The van der Waals surface area contributed by atoms with Crippen molar-refractivity contribution < 1.29 is 18.3 Å². The fourth-order valence-electron chi connectivity index (χ4n) is 3.51. The summed E-state index contributed by atoms with van der Waals surface area (Å²) < 4.78 is 26.4. The Kier molecular flexibility index (Phi) is 5.14. The summed E-state index contributed by atoms with van der Waals surface area (Å²) in [6, 6.07) is 14.2. The number of H-pyrrole nitrogens is 1. The fourth-order valence-corrected chi connectivity index (χ4v) is 5.91. The maximum Gasteiger partial charge on any atom is 0.346 e. The molecule has 2 aromatic carbocycles. The highest BCUT2D eigenvalue weighted by Crippen LogP contribution is 2.35. The number of rotatable bonds is 5. The Balaban J connectivity index is 1.92. The number of fused-ring (bicyclic) bond motifs is 1. The zero-order valence-electron chi connectivity index (χ0n) is 17.0. The van der Waals surface area contributed by atoms with Crippen LogP contribution in [-0.2, 0) is 14.6 Å². The van der Waals surface area contributed by atoms with E-state index in [-0.39, 0.29) is 26.4 Å². The lowest BCUT2D eigenvalue weighted by Gasteiger charge is -2.25. The maximum atomic E-state index is 13.5. The van der Waals surface area contributed by atoms with Gasteiger partial charge in [-0.3, -0.25) is 4.79 Å². The number of carbonyl (C=O) groups is 1. The van der Waals surface area contributed by atoms with Crippen LogP contribution in [0.15, 0.2) is 74.5 Å². The Bertz CT molecular complexity index is 1580. The van der Waals surface area contributed by atoms with Gasteiger partial charge in [0.15, 0.2) is 9.84 Å². The smallest absolute Gasteiger partial charge is 0.346 e. The zero-order chi connectivity index (χ0) is 23.3. The van der Waals surface area contributed by atoms with Crippen LogP contribution in [0.25, 0.3) is 16.6 Å². The third kappa shape index (κ3) is 3.28. The van der Waals surface area contributed by atoms with Gasteiger partial charge >= 0.3 is 11.7 Å². The van der Waals surface area contributed by atoms with Crippen molar-refractivity contribution in [1.29, 1.82) is 0 Å². The molecular formula is C22H18N2O6S2. The van der Waals surface area contributed by atoms with Gasteiger partial charge in [-0.15, -0.1) is 11.3 Å². The fraction of sp³-hybridized carbons (Fsp3) is 0.136. The van der Waals surface area contributed by atoms with Crippen molar-refractivity contribution in [2.45, 2.75) is 23.5 Å². The predicted octanol–water partition coefficient (Wildman–Crippen LogP) is 3.15. The van der Waals surface area contributed by atoms with Crippen LogP contribution in [-0.4, -0.2) is 29.0 Å².